The summed E-state index contributed by atoms with van der Waals surface area (Å²) in [5, 5.41) is 0. The van der Waals surface area contributed by atoms with Crippen molar-refractivity contribution in [2.75, 3.05) is 37.7 Å². The molecule has 1 amide bonds. The van der Waals surface area contributed by atoms with Gasteiger partial charge in [-0.15, -0.1) is 0 Å². The van der Waals surface area contributed by atoms with Gasteiger partial charge in [-0.2, -0.15) is 4.72 Å². The molecule has 4 rings (SSSR count). The first-order valence-electron chi connectivity index (χ1n) is 12.4. The predicted molar refractivity (Wildman–Crippen MR) is 142 cm³/mol. The third-order valence-corrected chi connectivity index (χ3v) is 7.89. The van der Waals surface area contributed by atoms with Crippen LogP contribution in [0, 0.1) is 12.7 Å². The van der Waals surface area contributed by atoms with E-state index in [4.69, 9.17) is 4.74 Å². The van der Waals surface area contributed by atoms with Crippen LogP contribution in [-0.4, -0.2) is 58.1 Å². The molecule has 1 N–H and O–H groups in total. The van der Waals surface area contributed by atoms with E-state index in [1.54, 1.807) is 42.2 Å². The Labute approximate surface area is 217 Å². The first-order valence-corrected chi connectivity index (χ1v) is 13.8. The number of aryl methyl sites for hydroxylation is 1. The van der Waals surface area contributed by atoms with E-state index in [9.17, 15) is 17.6 Å². The van der Waals surface area contributed by atoms with Crippen molar-refractivity contribution in [1.82, 2.24) is 9.62 Å². The quantitative estimate of drug-likeness (QED) is 0.460. The fraction of sp³-hybridized carbons (Fsp3) is 0.321. The Kier molecular flexibility index (Phi) is 8.45. The third-order valence-electron chi connectivity index (χ3n) is 6.42. The number of benzene rings is 3. The van der Waals surface area contributed by atoms with Crippen LogP contribution < -0.4 is 14.4 Å². The number of hydrogen-bond donors (Lipinski definition) is 1. The van der Waals surface area contributed by atoms with Gasteiger partial charge in [0.05, 0.1) is 17.2 Å². The molecule has 0 unspecified atom stereocenters. The summed E-state index contributed by atoms with van der Waals surface area (Å²) in [4.78, 5) is 17.2. The van der Waals surface area contributed by atoms with Gasteiger partial charge in [-0.25, -0.2) is 12.8 Å². The fourth-order valence-corrected chi connectivity index (χ4v) is 5.76. The molecule has 3 aromatic rings. The Morgan fingerprint density at radius 1 is 1.00 bits per heavy atom. The van der Waals surface area contributed by atoms with Gasteiger partial charge in [-0.3, -0.25) is 4.79 Å². The summed E-state index contributed by atoms with van der Waals surface area (Å²) in [6.45, 7) is 5.76. The van der Waals surface area contributed by atoms with Gasteiger partial charge in [0.15, 0.2) is 0 Å². The highest BCUT2D eigenvalue weighted by atomic mass is 32.2. The second-order valence-electron chi connectivity index (χ2n) is 8.99. The summed E-state index contributed by atoms with van der Waals surface area (Å²) in [6.07, 6.45) is 0.211. The standard InChI is InChI=1S/C28H32FN3O4S/c1-3-36-27-14-13-23(19-21(27)2)37(34,35)30-25(20-22-9-5-4-6-10-22)28(33)32-17-15-31(16-18-32)26-12-8-7-11-24(26)29/h4-14,19,25,30H,3,15-18,20H2,1-2H3/t25-/m0/s1. The molecule has 1 aliphatic heterocycles. The molecular weight excluding hydrogens is 493 g/mol. The van der Waals surface area contributed by atoms with Gasteiger partial charge in [0.25, 0.3) is 0 Å². The van der Waals surface area contributed by atoms with Crippen LogP contribution in [0.4, 0.5) is 10.1 Å². The zero-order valence-electron chi connectivity index (χ0n) is 21.1. The molecule has 9 heteroatoms. The van der Waals surface area contributed by atoms with Crippen molar-refractivity contribution < 1.29 is 22.3 Å². The zero-order valence-corrected chi connectivity index (χ0v) is 21.9. The monoisotopic (exact) mass is 525 g/mol. The molecule has 0 aliphatic carbocycles. The van der Waals surface area contributed by atoms with Crippen LogP contribution >= 0.6 is 0 Å². The third kappa shape index (κ3) is 6.47. The van der Waals surface area contributed by atoms with Gasteiger partial charge >= 0.3 is 0 Å². The van der Waals surface area contributed by atoms with Crippen LogP contribution in [0.15, 0.2) is 77.7 Å². The summed E-state index contributed by atoms with van der Waals surface area (Å²) in [5.74, 6) is 0.0111. The van der Waals surface area contributed by atoms with E-state index in [0.29, 0.717) is 49.8 Å². The van der Waals surface area contributed by atoms with Gasteiger partial charge < -0.3 is 14.5 Å². The van der Waals surface area contributed by atoms with E-state index >= 15 is 0 Å². The number of nitrogens with zero attached hydrogens (tertiary/aromatic N) is 2. The molecular formula is C28H32FN3O4S. The Morgan fingerprint density at radius 3 is 2.32 bits per heavy atom. The van der Waals surface area contributed by atoms with Crippen LogP contribution in [0.5, 0.6) is 5.75 Å². The molecule has 0 bridgehead atoms. The molecule has 0 spiro atoms. The number of hydrogen-bond acceptors (Lipinski definition) is 5. The van der Waals surface area contributed by atoms with Crippen molar-refractivity contribution in [3.63, 3.8) is 0 Å². The maximum Gasteiger partial charge on any atom is 0.241 e. The fourth-order valence-electron chi connectivity index (χ4n) is 4.49. The molecule has 1 aliphatic rings. The molecule has 1 saturated heterocycles. The topological polar surface area (TPSA) is 78.9 Å². The zero-order chi connectivity index (χ0) is 26.4. The number of anilines is 1. The number of para-hydroxylation sites is 1. The number of carbonyl (C=O) groups excluding carboxylic acids is 1. The molecule has 0 aromatic heterocycles. The number of halogens is 1. The number of rotatable bonds is 9. The van der Waals surface area contributed by atoms with E-state index < -0.39 is 16.1 Å². The molecule has 1 atom stereocenters. The van der Waals surface area contributed by atoms with Crippen molar-refractivity contribution in [3.8, 4) is 5.75 Å². The minimum atomic E-state index is -3.99. The van der Waals surface area contributed by atoms with Gasteiger partial charge in [0, 0.05) is 26.2 Å². The molecule has 1 fully saturated rings. The summed E-state index contributed by atoms with van der Waals surface area (Å²) >= 11 is 0. The summed E-state index contributed by atoms with van der Waals surface area (Å²) < 4.78 is 49.1. The van der Waals surface area contributed by atoms with Crippen LogP contribution in [0.2, 0.25) is 0 Å². The highest BCUT2D eigenvalue weighted by Gasteiger charge is 2.32. The molecule has 3 aromatic carbocycles. The first-order chi connectivity index (χ1) is 17.8. The van der Waals surface area contributed by atoms with Crippen LogP contribution in [0.25, 0.3) is 0 Å². The maximum absolute atomic E-state index is 14.2. The molecule has 0 saturated carbocycles. The van der Waals surface area contributed by atoms with Crippen molar-refractivity contribution in [2.45, 2.75) is 31.2 Å². The van der Waals surface area contributed by atoms with Crippen molar-refractivity contribution in [2.24, 2.45) is 0 Å². The number of nitrogens with one attached hydrogen (secondary N) is 1. The summed E-state index contributed by atoms with van der Waals surface area (Å²) in [7, 11) is -3.99. The predicted octanol–water partition coefficient (Wildman–Crippen LogP) is 3.77. The smallest absolute Gasteiger partial charge is 0.241 e. The lowest BCUT2D eigenvalue weighted by molar-refractivity contribution is -0.133. The minimum absolute atomic E-state index is 0.0729. The Morgan fingerprint density at radius 2 is 1.68 bits per heavy atom. The van der Waals surface area contributed by atoms with Crippen LogP contribution in [0.1, 0.15) is 18.1 Å². The maximum atomic E-state index is 14.2. The average molecular weight is 526 g/mol. The van der Waals surface area contributed by atoms with Gasteiger partial charge in [-0.05, 0) is 61.7 Å². The molecule has 1 heterocycles. The van der Waals surface area contributed by atoms with E-state index in [0.717, 1.165) is 5.56 Å². The lowest BCUT2D eigenvalue weighted by Gasteiger charge is -2.37. The molecule has 7 nitrogen and oxygen atoms in total. The van der Waals surface area contributed by atoms with E-state index in [2.05, 4.69) is 4.72 Å². The van der Waals surface area contributed by atoms with Gasteiger partial charge in [0.1, 0.15) is 17.6 Å². The highest BCUT2D eigenvalue weighted by molar-refractivity contribution is 7.89. The lowest BCUT2D eigenvalue weighted by Crippen LogP contribution is -2.55. The van der Waals surface area contributed by atoms with Crippen LogP contribution in [0.3, 0.4) is 0 Å². The number of piperazine rings is 1. The van der Waals surface area contributed by atoms with Crippen LogP contribution in [-0.2, 0) is 21.2 Å². The highest BCUT2D eigenvalue weighted by Crippen LogP contribution is 2.23. The average Bonchev–Trinajstić information content (AvgIpc) is 2.90. The Hall–Kier alpha value is -3.43. The number of ether oxygens (including phenoxy) is 1. The number of amides is 1. The molecule has 0 radical (unpaired) electrons. The Balaban J connectivity index is 1.52. The SMILES string of the molecule is CCOc1ccc(S(=O)(=O)N[C@@H](Cc2ccccc2)C(=O)N2CCN(c3ccccc3F)CC2)cc1C. The van der Waals surface area contributed by atoms with Crippen molar-refractivity contribution >= 4 is 21.6 Å². The summed E-state index contributed by atoms with van der Waals surface area (Å²) in [5.41, 5.74) is 2.04. The largest absolute Gasteiger partial charge is 0.494 e. The van der Waals surface area contributed by atoms with Gasteiger partial charge in [0.2, 0.25) is 15.9 Å². The second-order valence-corrected chi connectivity index (χ2v) is 10.7. The number of carbonyl (C=O) groups is 1. The lowest BCUT2D eigenvalue weighted by atomic mass is 10.1. The number of sulfonamides is 1. The normalized spacial score (nSPS) is 14.9. The van der Waals surface area contributed by atoms with E-state index in [1.165, 1.54) is 12.1 Å². The van der Waals surface area contributed by atoms with E-state index in [-0.39, 0.29) is 23.0 Å². The molecule has 37 heavy (non-hydrogen) atoms. The van der Waals surface area contributed by atoms with E-state index in [1.807, 2.05) is 42.2 Å². The first kappa shape index (κ1) is 26.6. The minimum Gasteiger partial charge on any atom is -0.494 e. The van der Waals surface area contributed by atoms with Gasteiger partial charge in [-0.1, -0.05) is 42.5 Å². The van der Waals surface area contributed by atoms with Crippen molar-refractivity contribution in [3.05, 3.63) is 89.7 Å². The summed E-state index contributed by atoms with van der Waals surface area (Å²) in [6, 6.07) is 19.5. The van der Waals surface area contributed by atoms with Crippen molar-refractivity contribution in [1.29, 1.82) is 0 Å². The molecule has 196 valence electrons. The Bertz CT molecular complexity index is 1330. The second kappa shape index (κ2) is 11.7.